The summed E-state index contributed by atoms with van der Waals surface area (Å²) in [6.45, 7) is 4.70. The molecule has 0 bridgehead atoms. The summed E-state index contributed by atoms with van der Waals surface area (Å²) in [7, 11) is -3.51. The summed E-state index contributed by atoms with van der Waals surface area (Å²) in [5, 5.41) is 8.75. The van der Waals surface area contributed by atoms with E-state index >= 15 is 0 Å². The highest BCUT2D eigenvalue weighted by molar-refractivity contribution is 7.91. The molecule has 1 fully saturated rings. The zero-order chi connectivity index (χ0) is 14.6. The van der Waals surface area contributed by atoms with Crippen LogP contribution in [-0.4, -0.2) is 39.0 Å². The number of nitriles is 1. The van der Waals surface area contributed by atoms with Gasteiger partial charge in [0.15, 0.2) is 0 Å². The second kappa shape index (κ2) is 6.68. The SMILES string of the molecule is CC(CN1CCCCC1)NS(=O)(=O)c1ccc(C#N)s1. The molecule has 2 rings (SSSR count). The van der Waals surface area contributed by atoms with Gasteiger partial charge in [-0.05, 0) is 45.0 Å². The van der Waals surface area contributed by atoms with Crippen molar-refractivity contribution in [2.75, 3.05) is 19.6 Å². The van der Waals surface area contributed by atoms with Crippen LogP contribution in [0.15, 0.2) is 16.3 Å². The maximum absolute atomic E-state index is 12.2. The first-order chi connectivity index (χ1) is 9.51. The third-order valence-corrected chi connectivity index (χ3v) is 6.36. The Kier molecular flexibility index (Phi) is 5.16. The van der Waals surface area contributed by atoms with Crippen molar-refractivity contribution < 1.29 is 8.42 Å². The van der Waals surface area contributed by atoms with Crippen molar-refractivity contribution in [2.45, 2.75) is 36.4 Å². The quantitative estimate of drug-likeness (QED) is 0.899. The zero-order valence-corrected chi connectivity index (χ0v) is 13.1. The van der Waals surface area contributed by atoms with E-state index in [1.807, 2.05) is 13.0 Å². The standard InChI is InChI=1S/C13H19N3O2S2/c1-11(10-16-7-3-2-4-8-16)15-20(17,18)13-6-5-12(9-14)19-13/h5-6,11,15H,2-4,7-8,10H2,1H3. The third-order valence-electron chi connectivity index (χ3n) is 3.29. The molecule has 0 spiro atoms. The fourth-order valence-electron chi connectivity index (χ4n) is 2.41. The van der Waals surface area contributed by atoms with Gasteiger partial charge in [-0.2, -0.15) is 5.26 Å². The summed E-state index contributed by atoms with van der Waals surface area (Å²) in [5.41, 5.74) is 0. The number of nitrogens with zero attached hydrogens (tertiary/aromatic N) is 2. The summed E-state index contributed by atoms with van der Waals surface area (Å²) in [5.74, 6) is 0. The van der Waals surface area contributed by atoms with Crippen LogP contribution in [0.4, 0.5) is 0 Å². The van der Waals surface area contributed by atoms with E-state index in [9.17, 15) is 8.42 Å². The number of thiophene rings is 1. The van der Waals surface area contributed by atoms with E-state index in [2.05, 4.69) is 9.62 Å². The Morgan fingerprint density at radius 2 is 2.10 bits per heavy atom. The first kappa shape index (κ1) is 15.4. The van der Waals surface area contributed by atoms with Gasteiger partial charge in [0.25, 0.3) is 0 Å². The average molecular weight is 313 g/mol. The summed E-state index contributed by atoms with van der Waals surface area (Å²) < 4.78 is 27.3. The van der Waals surface area contributed by atoms with Gasteiger partial charge in [-0.3, -0.25) is 0 Å². The number of likely N-dealkylation sites (tertiary alicyclic amines) is 1. The van der Waals surface area contributed by atoms with Gasteiger partial charge in [0, 0.05) is 12.6 Å². The van der Waals surface area contributed by atoms with Crippen LogP contribution in [0, 0.1) is 11.3 Å². The molecule has 0 radical (unpaired) electrons. The number of nitrogens with one attached hydrogen (secondary N) is 1. The molecule has 5 nitrogen and oxygen atoms in total. The normalized spacial score (nSPS) is 18.6. The molecule has 1 atom stereocenters. The summed E-state index contributed by atoms with van der Waals surface area (Å²) in [4.78, 5) is 2.71. The lowest BCUT2D eigenvalue weighted by molar-refractivity contribution is 0.215. The molecule has 1 aromatic rings. The van der Waals surface area contributed by atoms with Gasteiger partial charge in [0.1, 0.15) is 15.2 Å². The molecule has 1 aromatic heterocycles. The number of hydrogen-bond donors (Lipinski definition) is 1. The molecule has 1 unspecified atom stereocenters. The first-order valence-corrected chi connectivity index (χ1v) is 9.06. The summed E-state index contributed by atoms with van der Waals surface area (Å²) in [6.07, 6.45) is 3.65. The van der Waals surface area contributed by atoms with Gasteiger partial charge >= 0.3 is 0 Å². The van der Waals surface area contributed by atoms with Crippen molar-refractivity contribution in [1.82, 2.24) is 9.62 Å². The third kappa shape index (κ3) is 4.03. The molecule has 1 N–H and O–H groups in total. The van der Waals surface area contributed by atoms with Crippen LogP contribution in [0.2, 0.25) is 0 Å². The second-order valence-corrected chi connectivity index (χ2v) is 8.14. The number of rotatable bonds is 5. The Balaban J connectivity index is 1.95. The lowest BCUT2D eigenvalue weighted by atomic mass is 10.1. The molecule has 110 valence electrons. The Bertz CT molecular complexity index is 583. The van der Waals surface area contributed by atoms with Crippen LogP contribution in [-0.2, 0) is 10.0 Å². The highest BCUT2D eigenvalue weighted by atomic mass is 32.2. The number of piperidine rings is 1. The predicted octanol–water partition coefficient (Wildman–Crippen LogP) is 1.77. The molecule has 2 heterocycles. The fourth-order valence-corrected chi connectivity index (χ4v) is 4.77. The van der Waals surface area contributed by atoms with Gasteiger partial charge < -0.3 is 4.90 Å². The van der Waals surface area contributed by atoms with Crippen molar-refractivity contribution in [3.05, 3.63) is 17.0 Å². The van der Waals surface area contributed by atoms with Gasteiger partial charge in [-0.15, -0.1) is 11.3 Å². The number of hydrogen-bond acceptors (Lipinski definition) is 5. The Hall–Kier alpha value is -0.940. The smallest absolute Gasteiger partial charge is 0.250 e. The maximum Gasteiger partial charge on any atom is 0.250 e. The minimum atomic E-state index is -3.51. The van der Waals surface area contributed by atoms with Crippen molar-refractivity contribution in [3.63, 3.8) is 0 Å². The van der Waals surface area contributed by atoms with Crippen LogP contribution in [0.25, 0.3) is 0 Å². The molecule has 1 aliphatic rings. The fraction of sp³-hybridized carbons (Fsp3) is 0.615. The van der Waals surface area contributed by atoms with Crippen molar-refractivity contribution >= 4 is 21.4 Å². The Morgan fingerprint density at radius 1 is 1.40 bits per heavy atom. The van der Waals surface area contributed by atoms with Gasteiger partial charge in [0.2, 0.25) is 10.0 Å². The molecule has 0 aliphatic carbocycles. The minimum Gasteiger partial charge on any atom is -0.302 e. The van der Waals surface area contributed by atoms with E-state index in [-0.39, 0.29) is 10.3 Å². The highest BCUT2D eigenvalue weighted by Crippen LogP contribution is 2.21. The lowest BCUT2D eigenvalue weighted by Crippen LogP contribution is -2.43. The van der Waals surface area contributed by atoms with Crippen molar-refractivity contribution in [1.29, 1.82) is 5.26 Å². The van der Waals surface area contributed by atoms with Crippen molar-refractivity contribution in [2.24, 2.45) is 0 Å². The molecule has 7 heteroatoms. The van der Waals surface area contributed by atoms with E-state index in [0.29, 0.717) is 4.88 Å². The molecule has 1 aliphatic heterocycles. The van der Waals surface area contributed by atoms with E-state index in [4.69, 9.17) is 5.26 Å². The molecule has 20 heavy (non-hydrogen) atoms. The Labute approximate surface area is 124 Å². The molecular formula is C13H19N3O2S2. The average Bonchev–Trinajstić information content (AvgIpc) is 2.88. The first-order valence-electron chi connectivity index (χ1n) is 6.76. The van der Waals surface area contributed by atoms with Crippen LogP contribution in [0.1, 0.15) is 31.1 Å². The van der Waals surface area contributed by atoms with E-state index in [1.165, 1.54) is 31.4 Å². The molecule has 1 saturated heterocycles. The summed E-state index contributed by atoms with van der Waals surface area (Å²) >= 11 is 1.00. The van der Waals surface area contributed by atoms with Gasteiger partial charge in [-0.25, -0.2) is 13.1 Å². The number of sulfonamides is 1. The van der Waals surface area contributed by atoms with Gasteiger partial charge in [0.05, 0.1) is 0 Å². The highest BCUT2D eigenvalue weighted by Gasteiger charge is 2.21. The van der Waals surface area contributed by atoms with E-state index in [1.54, 1.807) is 0 Å². The van der Waals surface area contributed by atoms with Crippen LogP contribution in [0.3, 0.4) is 0 Å². The molecule has 0 saturated carbocycles. The topological polar surface area (TPSA) is 73.2 Å². The van der Waals surface area contributed by atoms with Crippen LogP contribution >= 0.6 is 11.3 Å². The lowest BCUT2D eigenvalue weighted by Gasteiger charge is -2.29. The molecule has 0 amide bonds. The predicted molar refractivity (Wildman–Crippen MR) is 79.1 cm³/mol. The Morgan fingerprint density at radius 3 is 2.70 bits per heavy atom. The van der Waals surface area contributed by atoms with Gasteiger partial charge in [-0.1, -0.05) is 6.42 Å². The van der Waals surface area contributed by atoms with Crippen LogP contribution in [0.5, 0.6) is 0 Å². The zero-order valence-electron chi connectivity index (χ0n) is 11.5. The van der Waals surface area contributed by atoms with Crippen LogP contribution < -0.4 is 4.72 Å². The second-order valence-electron chi connectivity index (χ2n) is 5.11. The van der Waals surface area contributed by atoms with E-state index in [0.717, 1.165) is 31.0 Å². The summed E-state index contributed by atoms with van der Waals surface area (Å²) in [6, 6.07) is 4.84. The largest absolute Gasteiger partial charge is 0.302 e. The maximum atomic E-state index is 12.2. The molecule has 0 aromatic carbocycles. The van der Waals surface area contributed by atoms with E-state index < -0.39 is 10.0 Å². The minimum absolute atomic E-state index is 0.134. The monoisotopic (exact) mass is 313 g/mol. The van der Waals surface area contributed by atoms with Crippen molar-refractivity contribution in [3.8, 4) is 6.07 Å². The molecular weight excluding hydrogens is 294 g/mol.